The molecule has 2 aromatic heterocycles. The third-order valence-electron chi connectivity index (χ3n) is 5.30. The van der Waals surface area contributed by atoms with Crippen LogP contribution in [0.5, 0.6) is 11.5 Å². The molecule has 31 heavy (non-hydrogen) atoms. The zero-order valence-electron chi connectivity index (χ0n) is 16.9. The predicted octanol–water partition coefficient (Wildman–Crippen LogP) is 5.95. The van der Waals surface area contributed by atoms with E-state index in [1.54, 1.807) is 12.5 Å². The Morgan fingerprint density at radius 2 is 1.68 bits per heavy atom. The Balaban J connectivity index is 1.45. The molecule has 1 aliphatic rings. The zero-order valence-corrected chi connectivity index (χ0v) is 17.8. The summed E-state index contributed by atoms with van der Waals surface area (Å²) in [5.74, 6) is 2.39. The van der Waals surface area contributed by atoms with Crippen molar-refractivity contribution in [1.29, 1.82) is 0 Å². The minimum absolute atomic E-state index is 0.122. The van der Waals surface area contributed by atoms with Crippen molar-refractivity contribution in [2.45, 2.75) is 19.0 Å². The molecule has 0 saturated carbocycles. The van der Waals surface area contributed by atoms with Crippen molar-refractivity contribution in [3.63, 3.8) is 0 Å². The number of hydrogen-bond donors (Lipinski definition) is 1. The second kappa shape index (κ2) is 8.24. The van der Waals surface area contributed by atoms with E-state index in [4.69, 9.17) is 21.4 Å². The van der Waals surface area contributed by atoms with Crippen LogP contribution in [-0.4, -0.2) is 10.1 Å². The number of aryl methyl sites for hydroxylation is 1. The molecule has 5 nitrogen and oxygen atoms in total. The largest absolute Gasteiger partial charge is 0.467 e. The van der Waals surface area contributed by atoms with Crippen molar-refractivity contribution in [2.24, 2.45) is 0 Å². The number of benzene rings is 2. The average Bonchev–Trinajstić information content (AvgIpc) is 3.44. The van der Waals surface area contributed by atoms with Gasteiger partial charge in [-0.15, -0.1) is 0 Å². The van der Waals surface area contributed by atoms with Gasteiger partial charge >= 0.3 is 0 Å². The molecule has 1 aliphatic heterocycles. The predicted molar refractivity (Wildman–Crippen MR) is 124 cm³/mol. The first kappa shape index (κ1) is 19.3. The van der Waals surface area contributed by atoms with Crippen molar-refractivity contribution in [3.8, 4) is 11.5 Å². The molecule has 1 saturated heterocycles. The lowest BCUT2D eigenvalue weighted by atomic mass is 10.0. The summed E-state index contributed by atoms with van der Waals surface area (Å²) >= 11 is 5.71. The van der Waals surface area contributed by atoms with Gasteiger partial charge in [0.1, 0.15) is 23.3 Å². The molecule has 0 bridgehead atoms. The van der Waals surface area contributed by atoms with Crippen molar-refractivity contribution < 1.29 is 9.15 Å². The molecule has 154 valence electrons. The van der Waals surface area contributed by atoms with Crippen LogP contribution < -0.4 is 15.0 Å². The van der Waals surface area contributed by atoms with Gasteiger partial charge in [0.15, 0.2) is 5.11 Å². The number of ether oxygens (including phenoxy) is 1. The van der Waals surface area contributed by atoms with E-state index in [9.17, 15) is 0 Å². The fraction of sp³-hybridized carbons (Fsp3) is 0.120. The number of rotatable bonds is 5. The second-order valence-corrected chi connectivity index (χ2v) is 7.81. The number of pyridine rings is 1. The Morgan fingerprint density at radius 3 is 2.32 bits per heavy atom. The summed E-state index contributed by atoms with van der Waals surface area (Å²) in [5.41, 5.74) is 3.06. The van der Waals surface area contributed by atoms with Crippen molar-refractivity contribution in [2.75, 3.05) is 4.90 Å². The van der Waals surface area contributed by atoms with Gasteiger partial charge in [-0.1, -0.05) is 23.8 Å². The van der Waals surface area contributed by atoms with Crippen molar-refractivity contribution in [1.82, 2.24) is 10.3 Å². The maximum Gasteiger partial charge on any atom is 0.174 e. The highest BCUT2D eigenvalue weighted by atomic mass is 32.1. The van der Waals surface area contributed by atoms with Gasteiger partial charge in [-0.25, -0.2) is 0 Å². The molecule has 3 heterocycles. The van der Waals surface area contributed by atoms with E-state index in [1.807, 2.05) is 78.9 Å². The summed E-state index contributed by atoms with van der Waals surface area (Å²) < 4.78 is 11.8. The summed E-state index contributed by atoms with van der Waals surface area (Å²) in [5, 5.41) is 4.05. The number of furan rings is 1. The molecule has 4 aromatic rings. The normalized spacial score (nSPS) is 18.1. The average molecular weight is 428 g/mol. The number of nitrogens with zero attached hydrogens (tertiary/aromatic N) is 2. The van der Waals surface area contributed by atoms with Crippen LogP contribution in [0.4, 0.5) is 5.69 Å². The number of nitrogens with one attached hydrogen (secondary N) is 1. The van der Waals surface area contributed by atoms with Gasteiger partial charge in [0.25, 0.3) is 0 Å². The minimum Gasteiger partial charge on any atom is -0.467 e. The van der Waals surface area contributed by atoms with E-state index >= 15 is 0 Å². The molecule has 2 aromatic carbocycles. The Hall–Kier alpha value is -3.64. The molecule has 5 rings (SSSR count). The standard InChI is InChI=1S/C25H21N3O2S/c1-17-7-11-19(12-8-17)30-20-13-9-18(10-14-20)28-24(22-6-4-16-29-22)23(27-25(28)31)21-5-2-3-15-26-21/h2-16,23-24H,1H3,(H,27,31)/t23-,24-/m0/s1. The highest BCUT2D eigenvalue weighted by Gasteiger charge is 2.42. The van der Waals surface area contributed by atoms with E-state index in [0.717, 1.165) is 28.6 Å². The van der Waals surface area contributed by atoms with Crippen LogP contribution in [0.25, 0.3) is 0 Å². The molecular formula is C25H21N3O2S. The third kappa shape index (κ3) is 3.90. The van der Waals surface area contributed by atoms with E-state index < -0.39 is 0 Å². The van der Waals surface area contributed by atoms with Gasteiger partial charge in [0, 0.05) is 11.9 Å². The molecule has 1 fully saturated rings. The quantitative estimate of drug-likeness (QED) is 0.397. The second-order valence-electron chi connectivity index (χ2n) is 7.42. The van der Waals surface area contributed by atoms with Gasteiger partial charge in [0.05, 0.1) is 18.0 Å². The van der Waals surface area contributed by atoms with E-state index in [1.165, 1.54) is 5.56 Å². The molecule has 0 aliphatic carbocycles. The highest BCUT2D eigenvalue weighted by Crippen LogP contribution is 2.42. The van der Waals surface area contributed by atoms with Gasteiger partial charge in [0.2, 0.25) is 0 Å². The van der Waals surface area contributed by atoms with Crippen LogP contribution in [0.2, 0.25) is 0 Å². The summed E-state index contributed by atoms with van der Waals surface area (Å²) in [4.78, 5) is 6.61. The van der Waals surface area contributed by atoms with Crippen LogP contribution in [0, 0.1) is 6.92 Å². The fourth-order valence-corrected chi connectivity index (χ4v) is 4.14. The molecule has 0 unspecified atom stereocenters. The molecule has 0 amide bonds. The Morgan fingerprint density at radius 1 is 0.935 bits per heavy atom. The summed E-state index contributed by atoms with van der Waals surface area (Å²) in [6.45, 7) is 2.05. The number of thiocarbonyl (C=S) groups is 1. The van der Waals surface area contributed by atoms with Crippen LogP contribution in [-0.2, 0) is 0 Å². The van der Waals surface area contributed by atoms with Crippen LogP contribution in [0.3, 0.4) is 0 Å². The van der Waals surface area contributed by atoms with Crippen molar-refractivity contribution in [3.05, 3.63) is 108 Å². The number of anilines is 1. The third-order valence-corrected chi connectivity index (χ3v) is 5.62. The zero-order chi connectivity index (χ0) is 21.2. The molecule has 0 spiro atoms. The number of aromatic nitrogens is 1. The smallest absolute Gasteiger partial charge is 0.174 e. The SMILES string of the molecule is Cc1ccc(Oc2ccc(N3C(=S)N[C@@H](c4ccccn4)[C@@H]3c3ccco3)cc2)cc1. The maximum atomic E-state index is 5.97. The lowest BCUT2D eigenvalue weighted by molar-refractivity contribution is 0.432. The molecule has 1 N–H and O–H groups in total. The molecule has 2 atom stereocenters. The lowest BCUT2D eigenvalue weighted by Crippen LogP contribution is -2.29. The van der Waals surface area contributed by atoms with Gasteiger partial charge in [-0.2, -0.15) is 0 Å². The lowest BCUT2D eigenvalue weighted by Gasteiger charge is -2.26. The first-order chi connectivity index (χ1) is 15.2. The number of hydrogen-bond acceptors (Lipinski definition) is 4. The first-order valence-corrected chi connectivity index (χ1v) is 10.5. The van der Waals surface area contributed by atoms with Gasteiger partial charge in [-0.3, -0.25) is 4.98 Å². The highest BCUT2D eigenvalue weighted by molar-refractivity contribution is 7.80. The monoisotopic (exact) mass is 427 g/mol. The minimum atomic E-state index is -0.152. The van der Waals surface area contributed by atoms with Gasteiger partial charge < -0.3 is 19.4 Å². The molecule has 6 heteroatoms. The summed E-state index contributed by atoms with van der Waals surface area (Å²) in [6, 6.07) is 25.4. The van der Waals surface area contributed by atoms with Crippen LogP contribution >= 0.6 is 12.2 Å². The summed E-state index contributed by atoms with van der Waals surface area (Å²) in [6.07, 6.45) is 3.47. The molecular weight excluding hydrogens is 406 g/mol. The van der Waals surface area contributed by atoms with Crippen LogP contribution in [0.15, 0.2) is 95.7 Å². The van der Waals surface area contributed by atoms with Gasteiger partial charge in [-0.05, 0) is 79.8 Å². The Labute approximate surface area is 186 Å². The fourth-order valence-electron chi connectivity index (χ4n) is 3.80. The Kier molecular flexibility index (Phi) is 5.14. The van der Waals surface area contributed by atoms with Crippen molar-refractivity contribution >= 4 is 23.0 Å². The van der Waals surface area contributed by atoms with E-state index in [-0.39, 0.29) is 12.1 Å². The van der Waals surface area contributed by atoms with E-state index in [0.29, 0.717) is 5.11 Å². The Bertz CT molecular complexity index is 1160. The first-order valence-electron chi connectivity index (χ1n) is 10.1. The summed E-state index contributed by atoms with van der Waals surface area (Å²) in [7, 11) is 0. The topological polar surface area (TPSA) is 50.5 Å². The maximum absolute atomic E-state index is 5.97. The van der Waals surface area contributed by atoms with Crippen LogP contribution in [0.1, 0.15) is 29.1 Å². The van der Waals surface area contributed by atoms with E-state index in [2.05, 4.69) is 22.1 Å². The molecule has 0 radical (unpaired) electrons.